The zero-order chi connectivity index (χ0) is 25.1. The second-order valence-electron chi connectivity index (χ2n) is 9.03. The number of aromatic nitrogens is 4. The van der Waals surface area contributed by atoms with Crippen molar-refractivity contribution in [2.24, 2.45) is 5.41 Å². The molecule has 5 nitrogen and oxygen atoms in total. The van der Waals surface area contributed by atoms with Gasteiger partial charge in [-0.1, -0.05) is 17.9 Å². The summed E-state index contributed by atoms with van der Waals surface area (Å²) in [4.78, 5) is 6.23. The molecule has 0 N–H and O–H groups in total. The molecule has 0 spiro atoms. The number of halogens is 5. The van der Waals surface area contributed by atoms with Crippen LogP contribution in [0.1, 0.15) is 37.2 Å². The molecule has 180 valence electrons. The van der Waals surface area contributed by atoms with E-state index in [0.717, 1.165) is 19.9 Å². The van der Waals surface area contributed by atoms with E-state index in [9.17, 15) is 17.6 Å². The number of hydrogen-bond donors (Lipinski definition) is 0. The number of aryl methyl sites for hydroxylation is 1. The average Bonchev–Trinajstić information content (AvgIpc) is 3.17. The lowest BCUT2D eigenvalue weighted by Crippen LogP contribution is -2.30. The molecule has 0 unspecified atom stereocenters. The lowest BCUT2D eigenvalue weighted by Gasteiger charge is -2.32. The third-order valence-corrected chi connectivity index (χ3v) is 6.23. The van der Waals surface area contributed by atoms with Crippen molar-refractivity contribution in [1.29, 1.82) is 0 Å². The number of nitrogens with zero attached hydrogens (tertiary/aromatic N) is 5. The highest BCUT2D eigenvalue weighted by Gasteiger charge is 2.46. The van der Waals surface area contributed by atoms with Crippen LogP contribution in [0.25, 0.3) is 16.7 Å². The van der Waals surface area contributed by atoms with Gasteiger partial charge in [-0.15, -0.1) is 10.2 Å². The number of alkyl halides is 3. The Morgan fingerprint density at radius 3 is 2.57 bits per heavy atom. The van der Waals surface area contributed by atoms with Crippen LogP contribution < -0.4 is 4.90 Å². The van der Waals surface area contributed by atoms with Crippen LogP contribution in [0.5, 0.6) is 0 Å². The molecule has 0 atom stereocenters. The first-order valence-corrected chi connectivity index (χ1v) is 11.0. The predicted molar refractivity (Wildman–Crippen MR) is 121 cm³/mol. The van der Waals surface area contributed by atoms with Crippen molar-refractivity contribution in [2.75, 3.05) is 11.4 Å². The maximum absolute atomic E-state index is 15.1. The molecule has 35 heavy (non-hydrogen) atoms. The number of rotatable bonds is 1. The summed E-state index contributed by atoms with van der Waals surface area (Å²) in [6, 6.07) is 7.02. The Hall–Kier alpha value is -3.74. The summed E-state index contributed by atoms with van der Waals surface area (Å²) in [6.45, 7) is 4.08. The van der Waals surface area contributed by atoms with Crippen molar-refractivity contribution in [3.63, 3.8) is 0 Å². The van der Waals surface area contributed by atoms with E-state index in [1.54, 1.807) is 28.4 Å². The Balaban J connectivity index is 1.73. The van der Waals surface area contributed by atoms with Crippen LogP contribution in [0.4, 0.5) is 33.5 Å². The summed E-state index contributed by atoms with van der Waals surface area (Å²) in [5.74, 6) is 4.66. The van der Waals surface area contributed by atoms with Gasteiger partial charge in [-0.3, -0.25) is 4.40 Å². The molecule has 0 bridgehead atoms. The zero-order valence-electron chi connectivity index (χ0n) is 19.1. The standard InChI is InChI=1S/C25H20F5N5/c1-14-32-33-23-31-22(21-18(27)7-4-8-19(21)35(14)23)34-11-5-6-17-15(12-16(26)13-20(17)34)9-10-24(2,3)25(28,29)30/h4,7-8,12-13H,5-6,11H2,1-3H3. The molecule has 10 heteroatoms. The van der Waals surface area contributed by atoms with Crippen LogP contribution in [0.3, 0.4) is 0 Å². The fourth-order valence-electron chi connectivity index (χ4n) is 4.26. The fraction of sp³-hybridized carbons (Fsp3) is 0.320. The lowest BCUT2D eigenvalue weighted by molar-refractivity contribution is -0.190. The first-order valence-electron chi connectivity index (χ1n) is 11.0. The smallest absolute Gasteiger partial charge is 0.325 e. The molecule has 2 aromatic carbocycles. The molecule has 0 saturated heterocycles. The molecule has 0 aliphatic carbocycles. The van der Waals surface area contributed by atoms with E-state index in [2.05, 4.69) is 27.0 Å². The van der Waals surface area contributed by atoms with Gasteiger partial charge in [-0.05, 0) is 63.4 Å². The molecule has 1 aliphatic rings. The van der Waals surface area contributed by atoms with E-state index in [4.69, 9.17) is 0 Å². The summed E-state index contributed by atoms with van der Waals surface area (Å²) in [5.41, 5.74) is -0.609. The molecule has 1 aliphatic heterocycles. The molecule has 4 aromatic rings. The average molecular weight is 485 g/mol. The number of hydrogen-bond acceptors (Lipinski definition) is 4. The van der Waals surface area contributed by atoms with Crippen LogP contribution in [-0.4, -0.2) is 32.3 Å². The lowest BCUT2D eigenvalue weighted by atomic mass is 9.91. The Kier molecular flexibility index (Phi) is 5.20. The maximum Gasteiger partial charge on any atom is 0.404 e. The van der Waals surface area contributed by atoms with Crippen LogP contribution in [0.15, 0.2) is 30.3 Å². The quantitative estimate of drug-likeness (QED) is 0.249. The topological polar surface area (TPSA) is 46.3 Å². The van der Waals surface area contributed by atoms with Crippen LogP contribution in [-0.2, 0) is 6.42 Å². The van der Waals surface area contributed by atoms with E-state index in [-0.39, 0.29) is 22.5 Å². The normalized spacial score (nSPS) is 14.2. The van der Waals surface area contributed by atoms with Gasteiger partial charge in [0, 0.05) is 17.8 Å². The molecular formula is C25H20F5N5. The number of benzene rings is 2. The number of anilines is 2. The zero-order valence-corrected chi connectivity index (χ0v) is 19.1. The van der Waals surface area contributed by atoms with Gasteiger partial charge in [-0.25, -0.2) is 8.78 Å². The summed E-state index contributed by atoms with van der Waals surface area (Å²) < 4.78 is 71.4. The second-order valence-corrected chi connectivity index (χ2v) is 9.03. The Bertz CT molecular complexity index is 1540. The van der Waals surface area contributed by atoms with Crippen LogP contribution >= 0.6 is 0 Å². The van der Waals surface area contributed by atoms with Crippen molar-refractivity contribution in [3.05, 3.63) is 58.9 Å². The summed E-state index contributed by atoms with van der Waals surface area (Å²) in [5, 5.41) is 8.33. The Morgan fingerprint density at radius 2 is 1.83 bits per heavy atom. The van der Waals surface area contributed by atoms with E-state index < -0.39 is 23.2 Å². The molecule has 0 radical (unpaired) electrons. The molecule has 0 fully saturated rings. The van der Waals surface area contributed by atoms with Gasteiger partial charge < -0.3 is 4.90 Å². The van der Waals surface area contributed by atoms with Crippen LogP contribution in [0, 0.1) is 35.8 Å². The van der Waals surface area contributed by atoms with E-state index >= 15 is 4.39 Å². The number of fused-ring (bicyclic) bond motifs is 4. The Morgan fingerprint density at radius 1 is 1.06 bits per heavy atom. The van der Waals surface area contributed by atoms with Gasteiger partial charge in [0.2, 0.25) is 0 Å². The molecule has 2 aromatic heterocycles. The molecule has 0 amide bonds. The monoisotopic (exact) mass is 485 g/mol. The summed E-state index contributed by atoms with van der Waals surface area (Å²) >= 11 is 0. The maximum atomic E-state index is 15.1. The summed E-state index contributed by atoms with van der Waals surface area (Å²) in [6.07, 6.45) is -3.47. The van der Waals surface area contributed by atoms with Crippen molar-refractivity contribution < 1.29 is 22.0 Å². The van der Waals surface area contributed by atoms with E-state index in [0.29, 0.717) is 42.0 Å². The Labute approximate surface area is 197 Å². The third kappa shape index (κ3) is 3.75. The fourth-order valence-corrected chi connectivity index (χ4v) is 4.26. The van der Waals surface area contributed by atoms with Gasteiger partial charge in [0.05, 0.1) is 10.9 Å². The van der Waals surface area contributed by atoms with Crippen molar-refractivity contribution in [1.82, 2.24) is 19.6 Å². The van der Waals surface area contributed by atoms with Crippen molar-refractivity contribution in [2.45, 2.75) is 39.8 Å². The predicted octanol–water partition coefficient (Wildman–Crippen LogP) is 5.89. The highest BCUT2D eigenvalue weighted by molar-refractivity contribution is 5.94. The van der Waals surface area contributed by atoms with Gasteiger partial charge >= 0.3 is 6.18 Å². The van der Waals surface area contributed by atoms with Gasteiger partial charge in [0.15, 0.2) is 0 Å². The van der Waals surface area contributed by atoms with E-state index in [1.807, 2.05) is 0 Å². The first kappa shape index (κ1) is 23.0. The third-order valence-electron chi connectivity index (χ3n) is 6.23. The minimum absolute atomic E-state index is 0.172. The van der Waals surface area contributed by atoms with Gasteiger partial charge in [0.1, 0.15) is 28.7 Å². The molecule has 5 rings (SSSR count). The SMILES string of the molecule is Cc1nnc2nc(N3CCCc4c(C#CC(C)(C)C(F)(F)F)cc(F)cc43)c3c(F)cccc3n12. The van der Waals surface area contributed by atoms with E-state index in [1.165, 1.54) is 12.1 Å². The molecule has 0 saturated carbocycles. The minimum atomic E-state index is -4.54. The summed E-state index contributed by atoms with van der Waals surface area (Å²) in [7, 11) is 0. The first-order chi connectivity index (χ1) is 16.5. The van der Waals surface area contributed by atoms with Crippen LogP contribution in [0.2, 0.25) is 0 Å². The van der Waals surface area contributed by atoms with Crippen molar-refractivity contribution >= 4 is 28.2 Å². The second kappa shape index (κ2) is 7.90. The van der Waals surface area contributed by atoms with Crippen molar-refractivity contribution in [3.8, 4) is 11.8 Å². The molecular weight excluding hydrogens is 465 g/mol. The highest BCUT2D eigenvalue weighted by Crippen LogP contribution is 2.40. The van der Waals surface area contributed by atoms with Gasteiger partial charge in [-0.2, -0.15) is 18.2 Å². The largest absolute Gasteiger partial charge is 0.404 e. The molecule has 3 heterocycles. The highest BCUT2D eigenvalue weighted by atomic mass is 19.4. The van der Waals surface area contributed by atoms with Gasteiger partial charge in [0.25, 0.3) is 5.78 Å². The minimum Gasteiger partial charge on any atom is -0.325 e.